The molecule has 0 heterocycles. The Hall–Kier alpha value is -4.14. The first-order chi connectivity index (χ1) is 21.6. The Bertz CT molecular complexity index is 1370. The smallest absolute Gasteiger partial charge is 0.425 e. The molecule has 0 aliphatic carbocycles. The third kappa shape index (κ3) is 11.7. The molecule has 0 radical (unpaired) electrons. The Labute approximate surface area is 262 Å². The molecule has 5 nitrogen and oxygen atoms in total. The summed E-state index contributed by atoms with van der Waals surface area (Å²) in [6.45, 7) is 6.09. The van der Waals surface area contributed by atoms with Crippen LogP contribution in [0, 0.1) is 5.82 Å². The maximum atomic E-state index is 15.0. The van der Waals surface area contributed by atoms with E-state index in [2.05, 4.69) is 11.3 Å². The van der Waals surface area contributed by atoms with Crippen molar-refractivity contribution < 1.29 is 41.4 Å². The maximum absolute atomic E-state index is 15.0. The highest BCUT2D eigenvalue weighted by Gasteiger charge is 2.42. The van der Waals surface area contributed by atoms with Crippen LogP contribution in [0.3, 0.4) is 0 Å². The molecule has 3 rings (SSSR count). The Balaban J connectivity index is 1.50. The van der Waals surface area contributed by atoms with Crippen molar-refractivity contribution in [2.24, 2.45) is 0 Å². The lowest BCUT2D eigenvalue weighted by Gasteiger charge is -2.20. The molecule has 1 unspecified atom stereocenters. The topological polar surface area (TPSA) is 61.8 Å². The normalized spacial score (nSPS) is 11.9. The molecule has 0 spiro atoms. The average molecular weight is 629 g/mol. The van der Waals surface area contributed by atoms with Crippen LogP contribution < -0.4 is 9.47 Å². The number of hydrogen-bond donors (Lipinski definition) is 0. The zero-order valence-corrected chi connectivity index (χ0v) is 25.5. The first-order valence-corrected chi connectivity index (χ1v) is 15.4. The lowest BCUT2D eigenvalue weighted by Crippen LogP contribution is -2.33. The van der Waals surface area contributed by atoms with Gasteiger partial charge < -0.3 is 14.2 Å². The summed E-state index contributed by atoms with van der Waals surface area (Å²) in [6.07, 6.45) is 3.48. The van der Waals surface area contributed by atoms with Gasteiger partial charge in [0.15, 0.2) is 6.10 Å². The van der Waals surface area contributed by atoms with Gasteiger partial charge in [-0.25, -0.2) is 14.0 Å². The van der Waals surface area contributed by atoms with E-state index in [9.17, 15) is 27.2 Å². The number of halogens is 4. The zero-order chi connectivity index (χ0) is 32.7. The van der Waals surface area contributed by atoms with Gasteiger partial charge in [0.05, 0.1) is 17.7 Å². The molecule has 45 heavy (non-hydrogen) atoms. The summed E-state index contributed by atoms with van der Waals surface area (Å²) < 4.78 is 70.3. The summed E-state index contributed by atoms with van der Waals surface area (Å²) in [5, 5.41) is 0. The van der Waals surface area contributed by atoms with Crippen LogP contribution in [0.5, 0.6) is 11.5 Å². The monoisotopic (exact) mass is 628 g/mol. The number of benzene rings is 3. The fraction of sp³-hybridized carbons (Fsp3) is 0.389. The number of unbranched alkanes of at least 4 members (excludes halogenated alkanes) is 7. The number of allylic oxidation sites excluding steroid dienone is 1. The second-order valence-electron chi connectivity index (χ2n) is 10.8. The van der Waals surface area contributed by atoms with E-state index in [0.29, 0.717) is 29.9 Å². The second kappa shape index (κ2) is 18.0. The molecule has 0 saturated carbocycles. The first kappa shape index (κ1) is 35.3. The van der Waals surface area contributed by atoms with Crippen LogP contribution in [0.1, 0.15) is 91.8 Å². The molecule has 0 aliphatic heterocycles. The van der Waals surface area contributed by atoms with Gasteiger partial charge in [0.2, 0.25) is 0 Å². The zero-order valence-electron chi connectivity index (χ0n) is 25.5. The number of rotatable bonds is 18. The third-order valence-electron chi connectivity index (χ3n) is 7.18. The minimum atomic E-state index is -4.67. The highest BCUT2D eigenvalue weighted by Crippen LogP contribution is 2.29. The average Bonchev–Trinajstić information content (AvgIpc) is 3.02. The van der Waals surface area contributed by atoms with E-state index in [0.717, 1.165) is 25.3 Å². The van der Waals surface area contributed by atoms with Gasteiger partial charge in [-0.1, -0.05) is 63.3 Å². The van der Waals surface area contributed by atoms with Crippen molar-refractivity contribution in [3.63, 3.8) is 0 Å². The molecule has 0 bridgehead atoms. The molecule has 1 atom stereocenters. The van der Waals surface area contributed by atoms with E-state index in [1.54, 1.807) is 31.2 Å². The molecular formula is C36H40F4O5. The van der Waals surface area contributed by atoms with E-state index in [1.807, 2.05) is 6.08 Å². The van der Waals surface area contributed by atoms with E-state index in [1.165, 1.54) is 62.1 Å². The maximum Gasteiger partial charge on any atom is 0.425 e. The quantitative estimate of drug-likeness (QED) is 0.0461. The van der Waals surface area contributed by atoms with Crippen molar-refractivity contribution in [1.29, 1.82) is 0 Å². The van der Waals surface area contributed by atoms with Crippen molar-refractivity contribution in [2.75, 3.05) is 6.61 Å². The minimum Gasteiger partial charge on any atom is -0.494 e. The van der Waals surface area contributed by atoms with Crippen LogP contribution in [0.4, 0.5) is 17.6 Å². The number of hydrogen-bond acceptors (Lipinski definition) is 5. The Morgan fingerprint density at radius 1 is 0.800 bits per heavy atom. The van der Waals surface area contributed by atoms with E-state index >= 15 is 0 Å². The molecule has 0 saturated heterocycles. The lowest BCUT2D eigenvalue weighted by atomic mass is 10.0. The largest absolute Gasteiger partial charge is 0.494 e. The Morgan fingerprint density at radius 2 is 1.42 bits per heavy atom. The van der Waals surface area contributed by atoms with Crippen LogP contribution in [0.25, 0.3) is 11.1 Å². The number of esters is 2. The summed E-state index contributed by atoms with van der Waals surface area (Å²) in [4.78, 5) is 24.9. The predicted molar refractivity (Wildman–Crippen MR) is 166 cm³/mol. The Morgan fingerprint density at radius 3 is 2.04 bits per heavy atom. The molecule has 0 aliphatic rings. The molecule has 0 aromatic heterocycles. The lowest BCUT2D eigenvalue weighted by molar-refractivity contribution is -0.206. The molecule has 242 valence electrons. The first-order valence-electron chi connectivity index (χ1n) is 15.4. The molecule has 0 N–H and O–H groups in total. The molecule has 9 heteroatoms. The molecule has 0 amide bonds. The van der Waals surface area contributed by atoms with Crippen LogP contribution in [0.2, 0.25) is 0 Å². The van der Waals surface area contributed by atoms with Gasteiger partial charge in [-0.05, 0) is 86.2 Å². The predicted octanol–water partition coefficient (Wildman–Crippen LogP) is 10.3. The number of carbonyl (C=O) groups is 2. The van der Waals surface area contributed by atoms with Crippen LogP contribution in [-0.4, -0.2) is 30.8 Å². The second-order valence-corrected chi connectivity index (χ2v) is 10.8. The molecular weight excluding hydrogens is 588 g/mol. The van der Waals surface area contributed by atoms with Crippen molar-refractivity contribution in [2.45, 2.75) is 83.4 Å². The molecule has 3 aromatic rings. The standard InChI is InChI=1S/C36H40F4O5/c1-3-5-7-8-9-10-11-12-24-43-29-19-14-26(15-20-29)31-23-18-28(25-32(31)37)35(42)44-30-21-16-27(17-22-30)34(41)45-33(13-6-4-2)36(38,39)40/h3,14-23,25,33H,1,4-13,24H2,2H3. The summed E-state index contributed by atoms with van der Waals surface area (Å²) in [5.74, 6) is -1.87. The molecule has 3 aromatic carbocycles. The summed E-state index contributed by atoms with van der Waals surface area (Å²) >= 11 is 0. The van der Waals surface area contributed by atoms with Crippen LogP contribution in [0.15, 0.2) is 79.4 Å². The minimum absolute atomic E-state index is 0.0264. The van der Waals surface area contributed by atoms with Gasteiger partial charge in [-0.2, -0.15) is 13.2 Å². The van der Waals surface area contributed by atoms with Crippen molar-refractivity contribution in [3.05, 3.63) is 96.3 Å². The number of alkyl halides is 3. The van der Waals surface area contributed by atoms with E-state index in [4.69, 9.17) is 9.47 Å². The Kier molecular flexibility index (Phi) is 14.1. The van der Waals surface area contributed by atoms with E-state index in [-0.39, 0.29) is 29.7 Å². The number of carbonyl (C=O) groups excluding carboxylic acids is 2. The number of ether oxygens (including phenoxy) is 3. The van der Waals surface area contributed by atoms with Crippen LogP contribution >= 0.6 is 0 Å². The third-order valence-corrected chi connectivity index (χ3v) is 7.18. The summed E-state index contributed by atoms with van der Waals surface area (Å²) in [6, 6.07) is 15.9. The van der Waals surface area contributed by atoms with Crippen molar-refractivity contribution in [1.82, 2.24) is 0 Å². The van der Waals surface area contributed by atoms with E-state index < -0.39 is 30.0 Å². The van der Waals surface area contributed by atoms with Gasteiger partial charge in [0.25, 0.3) is 0 Å². The van der Waals surface area contributed by atoms with Gasteiger partial charge in [-0.3, -0.25) is 0 Å². The van der Waals surface area contributed by atoms with Gasteiger partial charge >= 0.3 is 18.1 Å². The fourth-order valence-corrected chi connectivity index (χ4v) is 4.60. The van der Waals surface area contributed by atoms with Crippen molar-refractivity contribution >= 4 is 11.9 Å². The fourth-order valence-electron chi connectivity index (χ4n) is 4.60. The summed E-state index contributed by atoms with van der Waals surface area (Å²) in [7, 11) is 0. The highest BCUT2D eigenvalue weighted by molar-refractivity contribution is 5.92. The highest BCUT2D eigenvalue weighted by atomic mass is 19.4. The van der Waals surface area contributed by atoms with Gasteiger partial charge in [-0.15, -0.1) is 6.58 Å². The van der Waals surface area contributed by atoms with Crippen molar-refractivity contribution in [3.8, 4) is 22.6 Å². The molecule has 0 fully saturated rings. The van der Waals surface area contributed by atoms with Gasteiger partial charge in [0.1, 0.15) is 17.3 Å². The SMILES string of the molecule is C=CCCCCCCCCOc1ccc(-c2ccc(C(=O)Oc3ccc(C(=O)OC(CCCC)C(F)(F)F)cc3)cc2F)cc1. The van der Waals surface area contributed by atoms with Crippen LogP contribution in [-0.2, 0) is 4.74 Å². The van der Waals surface area contributed by atoms with Gasteiger partial charge in [0, 0.05) is 5.56 Å². The summed E-state index contributed by atoms with van der Waals surface area (Å²) in [5.41, 5.74) is 0.750.